The smallest absolute Gasteiger partial charge is 0.0772 e. The molecule has 0 aliphatic carbocycles. The van der Waals surface area contributed by atoms with Gasteiger partial charge in [0.15, 0.2) is 0 Å². The van der Waals surface area contributed by atoms with Crippen molar-refractivity contribution in [2.75, 3.05) is 27.4 Å². The molecule has 3 nitrogen and oxygen atoms in total. The zero-order valence-electron chi connectivity index (χ0n) is 12.5. The third-order valence-electron chi connectivity index (χ3n) is 2.99. The van der Waals surface area contributed by atoms with Gasteiger partial charge in [0, 0.05) is 26.9 Å². The molecule has 0 heterocycles. The Kier molecular flexibility index (Phi) is 8.83. The molecule has 1 N–H and O–H groups in total. The lowest BCUT2D eigenvalue weighted by molar-refractivity contribution is -0.0147. The molecule has 2 unspecified atom stereocenters. The molecule has 0 rings (SSSR count). The lowest BCUT2D eigenvalue weighted by atomic mass is 9.83. The molecule has 0 aliphatic heterocycles. The molecule has 0 spiro atoms. The maximum absolute atomic E-state index is 5.70. The quantitative estimate of drug-likeness (QED) is 0.634. The van der Waals surface area contributed by atoms with Crippen LogP contribution in [0.25, 0.3) is 0 Å². The minimum atomic E-state index is 0.160. The summed E-state index contributed by atoms with van der Waals surface area (Å²) in [7, 11) is 3.57. The third kappa shape index (κ3) is 7.02. The van der Waals surface area contributed by atoms with Crippen LogP contribution in [0.1, 0.15) is 47.0 Å². The lowest BCUT2D eigenvalue weighted by Gasteiger charge is -2.36. The average Bonchev–Trinajstić information content (AvgIpc) is 2.24. The Bertz CT molecular complexity index is 178. The number of nitrogens with one attached hydrogen (secondary N) is 1. The molecule has 0 amide bonds. The highest BCUT2D eigenvalue weighted by molar-refractivity contribution is 4.86. The Morgan fingerprint density at radius 2 is 1.82 bits per heavy atom. The minimum Gasteiger partial charge on any atom is -0.385 e. The van der Waals surface area contributed by atoms with E-state index < -0.39 is 0 Å². The predicted octanol–water partition coefficient (Wildman–Crippen LogP) is 2.84. The van der Waals surface area contributed by atoms with Crippen molar-refractivity contribution < 1.29 is 9.47 Å². The fourth-order valence-electron chi connectivity index (χ4n) is 2.26. The summed E-state index contributed by atoms with van der Waals surface area (Å²) in [5.41, 5.74) is 0.160. The molecule has 0 aromatic carbocycles. The average molecular weight is 245 g/mol. The van der Waals surface area contributed by atoms with Gasteiger partial charge in [0.2, 0.25) is 0 Å². The van der Waals surface area contributed by atoms with E-state index in [1.165, 1.54) is 0 Å². The van der Waals surface area contributed by atoms with E-state index in [2.05, 4.69) is 33.0 Å². The Morgan fingerprint density at radius 3 is 2.24 bits per heavy atom. The zero-order valence-corrected chi connectivity index (χ0v) is 12.5. The summed E-state index contributed by atoms with van der Waals surface area (Å²) in [5, 5.41) is 3.61. The van der Waals surface area contributed by atoms with Gasteiger partial charge in [0.1, 0.15) is 0 Å². The van der Waals surface area contributed by atoms with Crippen LogP contribution < -0.4 is 5.32 Å². The van der Waals surface area contributed by atoms with Crippen LogP contribution in [-0.2, 0) is 9.47 Å². The van der Waals surface area contributed by atoms with E-state index in [0.717, 1.165) is 32.4 Å². The van der Waals surface area contributed by atoms with Gasteiger partial charge in [0.25, 0.3) is 0 Å². The van der Waals surface area contributed by atoms with Crippen molar-refractivity contribution in [1.29, 1.82) is 0 Å². The number of hydrogen-bond donors (Lipinski definition) is 1. The van der Waals surface area contributed by atoms with E-state index in [-0.39, 0.29) is 11.5 Å². The van der Waals surface area contributed by atoms with Crippen molar-refractivity contribution >= 4 is 0 Å². The van der Waals surface area contributed by atoms with Gasteiger partial charge in [0.05, 0.1) is 6.10 Å². The fourth-order valence-corrected chi connectivity index (χ4v) is 2.26. The maximum atomic E-state index is 5.70. The standard InChI is InChI=1S/C14H31NO2/c1-7-10-15-12(9-8-11-16-5)13(17-6)14(2,3)4/h12-13,15H,7-11H2,1-6H3. The molecule has 0 saturated heterocycles. The summed E-state index contributed by atoms with van der Waals surface area (Å²) in [5.74, 6) is 0. The highest BCUT2D eigenvalue weighted by Crippen LogP contribution is 2.26. The van der Waals surface area contributed by atoms with Gasteiger partial charge in [-0.25, -0.2) is 0 Å². The van der Waals surface area contributed by atoms with Crippen LogP contribution in [0.15, 0.2) is 0 Å². The normalized spacial score (nSPS) is 15.9. The monoisotopic (exact) mass is 245 g/mol. The topological polar surface area (TPSA) is 30.5 Å². The van der Waals surface area contributed by atoms with Gasteiger partial charge in [-0.3, -0.25) is 0 Å². The van der Waals surface area contributed by atoms with Crippen molar-refractivity contribution in [3.63, 3.8) is 0 Å². The summed E-state index contributed by atoms with van der Waals surface area (Å²) in [4.78, 5) is 0. The van der Waals surface area contributed by atoms with Crippen LogP contribution in [0.3, 0.4) is 0 Å². The van der Waals surface area contributed by atoms with Gasteiger partial charge in [-0.2, -0.15) is 0 Å². The molecule has 2 atom stereocenters. The molecule has 0 aliphatic rings. The molecule has 0 radical (unpaired) electrons. The first kappa shape index (κ1) is 16.9. The van der Waals surface area contributed by atoms with Gasteiger partial charge in [-0.05, 0) is 31.2 Å². The van der Waals surface area contributed by atoms with Crippen molar-refractivity contribution in [3.05, 3.63) is 0 Å². The van der Waals surface area contributed by atoms with Crippen LogP contribution >= 0.6 is 0 Å². The molecular formula is C14H31NO2. The highest BCUT2D eigenvalue weighted by atomic mass is 16.5. The summed E-state index contributed by atoms with van der Waals surface area (Å²) in [6.07, 6.45) is 3.57. The van der Waals surface area contributed by atoms with E-state index in [1.807, 2.05) is 7.11 Å². The summed E-state index contributed by atoms with van der Waals surface area (Å²) in [6.45, 7) is 10.8. The van der Waals surface area contributed by atoms with E-state index in [9.17, 15) is 0 Å². The molecule has 0 fully saturated rings. The Morgan fingerprint density at radius 1 is 1.18 bits per heavy atom. The van der Waals surface area contributed by atoms with Crippen LogP contribution in [-0.4, -0.2) is 39.5 Å². The SMILES string of the molecule is CCCNC(CCCOC)C(OC)C(C)(C)C. The zero-order chi connectivity index (χ0) is 13.3. The number of ether oxygens (including phenoxy) is 2. The molecule has 3 heteroatoms. The first-order valence-corrected chi connectivity index (χ1v) is 6.72. The summed E-state index contributed by atoms with van der Waals surface area (Å²) < 4.78 is 10.8. The summed E-state index contributed by atoms with van der Waals surface area (Å²) in [6, 6.07) is 0.412. The molecule has 0 aromatic rings. The predicted molar refractivity (Wildman–Crippen MR) is 73.4 cm³/mol. The van der Waals surface area contributed by atoms with Crippen LogP contribution in [0.4, 0.5) is 0 Å². The molecule has 0 bridgehead atoms. The highest BCUT2D eigenvalue weighted by Gasteiger charge is 2.31. The van der Waals surface area contributed by atoms with Crippen LogP contribution in [0.2, 0.25) is 0 Å². The molecule has 0 aromatic heterocycles. The number of rotatable bonds is 9. The lowest BCUT2D eigenvalue weighted by Crippen LogP contribution is -2.48. The molecule has 104 valence electrons. The molecule has 0 saturated carbocycles. The van der Waals surface area contributed by atoms with Gasteiger partial charge >= 0.3 is 0 Å². The molecular weight excluding hydrogens is 214 g/mol. The molecule has 17 heavy (non-hydrogen) atoms. The van der Waals surface area contributed by atoms with Crippen molar-refractivity contribution in [2.45, 2.75) is 59.1 Å². The third-order valence-corrected chi connectivity index (χ3v) is 2.99. The van der Waals surface area contributed by atoms with Gasteiger partial charge in [-0.15, -0.1) is 0 Å². The minimum absolute atomic E-state index is 0.160. The fraction of sp³-hybridized carbons (Fsp3) is 1.00. The van der Waals surface area contributed by atoms with E-state index in [4.69, 9.17) is 9.47 Å². The van der Waals surface area contributed by atoms with Gasteiger partial charge < -0.3 is 14.8 Å². The second-order valence-corrected chi connectivity index (χ2v) is 5.72. The Hall–Kier alpha value is -0.120. The first-order chi connectivity index (χ1) is 7.97. The van der Waals surface area contributed by atoms with Crippen molar-refractivity contribution in [1.82, 2.24) is 5.32 Å². The van der Waals surface area contributed by atoms with Gasteiger partial charge in [-0.1, -0.05) is 27.7 Å². The second-order valence-electron chi connectivity index (χ2n) is 5.72. The largest absolute Gasteiger partial charge is 0.385 e. The number of hydrogen-bond acceptors (Lipinski definition) is 3. The van der Waals surface area contributed by atoms with E-state index in [1.54, 1.807) is 7.11 Å². The first-order valence-electron chi connectivity index (χ1n) is 6.72. The van der Waals surface area contributed by atoms with Crippen LogP contribution in [0.5, 0.6) is 0 Å². The van der Waals surface area contributed by atoms with Crippen molar-refractivity contribution in [2.24, 2.45) is 5.41 Å². The van der Waals surface area contributed by atoms with E-state index in [0.29, 0.717) is 6.04 Å². The maximum Gasteiger partial charge on any atom is 0.0772 e. The van der Waals surface area contributed by atoms with E-state index >= 15 is 0 Å². The number of methoxy groups -OCH3 is 2. The Labute approximate surface area is 107 Å². The second kappa shape index (κ2) is 8.90. The Balaban J connectivity index is 4.40. The summed E-state index contributed by atoms with van der Waals surface area (Å²) >= 11 is 0. The van der Waals surface area contributed by atoms with Crippen molar-refractivity contribution in [3.8, 4) is 0 Å². The van der Waals surface area contributed by atoms with Crippen LogP contribution in [0, 0.1) is 5.41 Å².